The van der Waals surface area contributed by atoms with Crippen molar-refractivity contribution in [1.82, 2.24) is 4.90 Å². The number of amides is 2. The van der Waals surface area contributed by atoms with Gasteiger partial charge in [-0.25, -0.2) is 0 Å². The number of hydrogen-bond acceptors (Lipinski definition) is 4. The maximum atomic E-state index is 12.0. The number of thiocarbonyl (C=S) groups is 1. The van der Waals surface area contributed by atoms with Crippen molar-refractivity contribution < 1.29 is 9.59 Å². The van der Waals surface area contributed by atoms with Crippen LogP contribution in [0.1, 0.15) is 13.8 Å². The van der Waals surface area contributed by atoms with E-state index in [1.54, 1.807) is 40.3 Å². The Labute approximate surface area is 151 Å². The van der Waals surface area contributed by atoms with E-state index in [0.29, 0.717) is 15.8 Å². The van der Waals surface area contributed by atoms with Gasteiger partial charge >= 0.3 is 0 Å². The standard InChI is InChI=1S/C18H18N2O2S2/c1-3-19-17(22)16(24-18(19)23)12-8-5-9-13-20(14(2)21)15-10-6-4-7-11-15/h4-13H,3H2,1-2H3/b8-5+,13-9+,16-12+. The minimum Gasteiger partial charge on any atom is -0.293 e. The third-order valence-electron chi connectivity index (χ3n) is 3.27. The van der Waals surface area contributed by atoms with Gasteiger partial charge < -0.3 is 0 Å². The second kappa shape index (κ2) is 8.61. The zero-order valence-corrected chi connectivity index (χ0v) is 15.1. The molecule has 1 aromatic carbocycles. The van der Waals surface area contributed by atoms with Gasteiger partial charge in [0.25, 0.3) is 5.91 Å². The first-order valence-corrected chi connectivity index (χ1v) is 8.70. The maximum absolute atomic E-state index is 12.0. The van der Waals surface area contributed by atoms with Gasteiger partial charge in [-0.15, -0.1) is 0 Å². The molecule has 1 heterocycles. The van der Waals surface area contributed by atoms with Gasteiger partial charge in [0, 0.05) is 25.4 Å². The topological polar surface area (TPSA) is 40.6 Å². The number of rotatable bonds is 5. The van der Waals surface area contributed by atoms with Crippen molar-refractivity contribution in [3.8, 4) is 0 Å². The number of allylic oxidation sites excluding steroid dienone is 4. The first-order valence-electron chi connectivity index (χ1n) is 7.48. The van der Waals surface area contributed by atoms with Crippen molar-refractivity contribution in [2.24, 2.45) is 0 Å². The Morgan fingerprint density at radius 2 is 1.96 bits per heavy atom. The molecule has 2 amide bonds. The molecule has 0 atom stereocenters. The minimum absolute atomic E-state index is 0.0595. The van der Waals surface area contributed by atoms with E-state index >= 15 is 0 Å². The van der Waals surface area contributed by atoms with Gasteiger partial charge in [0.1, 0.15) is 4.32 Å². The van der Waals surface area contributed by atoms with Crippen LogP contribution in [-0.4, -0.2) is 27.6 Å². The van der Waals surface area contributed by atoms with Gasteiger partial charge in [-0.05, 0) is 31.2 Å². The summed E-state index contributed by atoms with van der Waals surface area (Å²) in [4.78, 5) is 27.5. The number of likely N-dealkylation sites (N-methyl/N-ethyl adjacent to an activating group) is 1. The number of para-hydroxylation sites is 1. The first-order chi connectivity index (χ1) is 11.5. The van der Waals surface area contributed by atoms with Crippen molar-refractivity contribution in [2.45, 2.75) is 13.8 Å². The molecule has 0 bridgehead atoms. The van der Waals surface area contributed by atoms with Gasteiger partial charge in [0.2, 0.25) is 5.91 Å². The molecule has 0 unspecified atom stereocenters. The van der Waals surface area contributed by atoms with Gasteiger partial charge in [0.15, 0.2) is 0 Å². The lowest BCUT2D eigenvalue weighted by atomic mass is 10.3. The number of thioether (sulfide) groups is 1. The average molecular weight is 358 g/mol. The number of nitrogens with zero attached hydrogens (tertiary/aromatic N) is 2. The summed E-state index contributed by atoms with van der Waals surface area (Å²) in [6, 6.07) is 9.39. The average Bonchev–Trinajstić information content (AvgIpc) is 2.84. The van der Waals surface area contributed by atoms with E-state index < -0.39 is 0 Å². The summed E-state index contributed by atoms with van der Waals surface area (Å²) < 4.78 is 0.588. The fourth-order valence-corrected chi connectivity index (χ4v) is 3.43. The van der Waals surface area contributed by atoms with Gasteiger partial charge in [0.05, 0.1) is 4.91 Å². The molecule has 0 aliphatic carbocycles. The molecule has 1 saturated heterocycles. The molecular weight excluding hydrogens is 340 g/mol. The van der Waals surface area contributed by atoms with Crippen LogP contribution in [0.3, 0.4) is 0 Å². The van der Waals surface area contributed by atoms with Crippen LogP contribution in [0.5, 0.6) is 0 Å². The molecule has 0 radical (unpaired) electrons. The molecule has 1 aliphatic heterocycles. The zero-order chi connectivity index (χ0) is 17.5. The van der Waals surface area contributed by atoms with Crippen LogP contribution in [-0.2, 0) is 9.59 Å². The lowest BCUT2D eigenvalue weighted by molar-refractivity contribution is -0.122. The Hall–Kier alpha value is -2.18. The Morgan fingerprint density at radius 3 is 2.54 bits per heavy atom. The summed E-state index contributed by atoms with van der Waals surface area (Å²) in [5.41, 5.74) is 0.804. The second-order valence-electron chi connectivity index (χ2n) is 4.90. The highest BCUT2D eigenvalue weighted by Crippen LogP contribution is 2.30. The fourth-order valence-electron chi connectivity index (χ4n) is 2.09. The molecule has 0 spiro atoms. The Bertz CT molecular complexity index is 724. The summed E-state index contributed by atoms with van der Waals surface area (Å²) in [5.74, 6) is -0.134. The zero-order valence-electron chi connectivity index (χ0n) is 13.5. The molecule has 1 aliphatic rings. The number of anilines is 1. The fraction of sp³-hybridized carbons (Fsp3) is 0.167. The highest BCUT2D eigenvalue weighted by molar-refractivity contribution is 8.26. The van der Waals surface area contributed by atoms with Crippen LogP contribution in [0.15, 0.2) is 65.7 Å². The van der Waals surface area contributed by atoms with Gasteiger partial charge in [-0.2, -0.15) is 0 Å². The Kier molecular flexibility index (Phi) is 6.52. The smallest absolute Gasteiger partial charge is 0.266 e. The number of benzene rings is 1. The van der Waals surface area contributed by atoms with E-state index in [0.717, 1.165) is 5.69 Å². The van der Waals surface area contributed by atoms with Crippen LogP contribution >= 0.6 is 24.0 Å². The predicted octanol–water partition coefficient (Wildman–Crippen LogP) is 3.87. The van der Waals surface area contributed by atoms with Crippen LogP contribution in [0, 0.1) is 0 Å². The van der Waals surface area contributed by atoms with E-state index in [-0.39, 0.29) is 11.8 Å². The summed E-state index contributed by atoms with van der Waals surface area (Å²) in [6.45, 7) is 3.99. The molecule has 6 heteroatoms. The molecule has 0 N–H and O–H groups in total. The lowest BCUT2D eigenvalue weighted by Crippen LogP contribution is -2.27. The molecular formula is C18H18N2O2S2. The predicted molar refractivity (Wildman–Crippen MR) is 104 cm³/mol. The van der Waals surface area contributed by atoms with E-state index in [1.165, 1.54) is 18.7 Å². The van der Waals surface area contributed by atoms with E-state index in [4.69, 9.17) is 12.2 Å². The molecule has 2 rings (SSSR count). The second-order valence-corrected chi connectivity index (χ2v) is 6.58. The van der Waals surface area contributed by atoms with Gasteiger partial charge in [-0.3, -0.25) is 19.4 Å². The number of hydrogen-bond donors (Lipinski definition) is 0. The molecule has 1 fully saturated rings. The van der Waals surface area contributed by atoms with Crippen molar-refractivity contribution in [3.05, 3.63) is 65.7 Å². The normalized spacial score (nSPS) is 16.8. The largest absolute Gasteiger partial charge is 0.293 e. The summed E-state index contributed by atoms with van der Waals surface area (Å²) >= 11 is 6.46. The summed E-state index contributed by atoms with van der Waals surface area (Å²) in [7, 11) is 0. The quantitative estimate of drug-likeness (QED) is 0.455. The number of carbonyl (C=O) groups is 2. The minimum atomic E-state index is -0.0744. The van der Waals surface area contributed by atoms with E-state index in [1.807, 2.05) is 37.3 Å². The first kappa shape index (κ1) is 18.2. The van der Waals surface area contributed by atoms with Gasteiger partial charge in [-0.1, -0.05) is 54.3 Å². The SMILES string of the molecule is CCN1C(=O)\C(=C/C=C/C=C/N(C(C)=O)c2ccccc2)SC1=S. The number of carbonyl (C=O) groups excluding carboxylic acids is 2. The van der Waals surface area contributed by atoms with Crippen molar-refractivity contribution in [1.29, 1.82) is 0 Å². The van der Waals surface area contributed by atoms with Crippen LogP contribution < -0.4 is 4.90 Å². The van der Waals surface area contributed by atoms with Crippen LogP contribution in [0.2, 0.25) is 0 Å². The van der Waals surface area contributed by atoms with E-state index in [9.17, 15) is 9.59 Å². The molecule has 0 aromatic heterocycles. The third-order valence-corrected chi connectivity index (χ3v) is 4.66. The van der Waals surface area contributed by atoms with Crippen molar-refractivity contribution >= 4 is 45.8 Å². The Balaban J connectivity index is 2.04. The van der Waals surface area contributed by atoms with Crippen molar-refractivity contribution in [3.63, 3.8) is 0 Å². The monoisotopic (exact) mass is 358 g/mol. The highest BCUT2D eigenvalue weighted by Gasteiger charge is 2.29. The molecule has 0 saturated carbocycles. The highest BCUT2D eigenvalue weighted by atomic mass is 32.2. The van der Waals surface area contributed by atoms with Crippen LogP contribution in [0.4, 0.5) is 5.69 Å². The Morgan fingerprint density at radius 1 is 1.25 bits per heavy atom. The van der Waals surface area contributed by atoms with Crippen LogP contribution in [0.25, 0.3) is 0 Å². The summed E-state index contributed by atoms with van der Waals surface area (Å²) in [5, 5.41) is 0. The molecule has 4 nitrogen and oxygen atoms in total. The van der Waals surface area contributed by atoms with E-state index in [2.05, 4.69) is 0 Å². The lowest BCUT2D eigenvalue weighted by Gasteiger charge is -2.15. The molecule has 1 aromatic rings. The third kappa shape index (κ3) is 4.43. The molecule has 24 heavy (non-hydrogen) atoms. The summed E-state index contributed by atoms with van der Waals surface area (Å²) in [6.07, 6.45) is 8.73. The van der Waals surface area contributed by atoms with Crippen molar-refractivity contribution in [2.75, 3.05) is 11.4 Å². The molecule has 124 valence electrons. The maximum Gasteiger partial charge on any atom is 0.266 e.